The maximum atomic E-state index is 5.61. The highest BCUT2D eigenvalue weighted by Gasteiger charge is 1.99. The van der Waals surface area contributed by atoms with E-state index in [-0.39, 0.29) is 0 Å². The van der Waals surface area contributed by atoms with Gasteiger partial charge in [-0.2, -0.15) is 0 Å². The largest absolute Gasteiger partial charge is 0.493 e. The van der Waals surface area contributed by atoms with Gasteiger partial charge >= 0.3 is 0 Å². The zero-order valence-electron chi connectivity index (χ0n) is 8.59. The molecule has 0 fully saturated rings. The molecule has 0 N–H and O–H groups in total. The molecule has 2 heteroatoms. The zero-order chi connectivity index (χ0) is 10.6. The summed E-state index contributed by atoms with van der Waals surface area (Å²) in [6, 6.07) is 5.96. The van der Waals surface area contributed by atoms with Gasteiger partial charge in [0, 0.05) is 4.47 Å². The van der Waals surface area contributed by atoms with Crippen LogP contribution in [0.5, 0.6) is 5.75 Å². The van der Waals surface area contributed by atoms with E-state index in [0.29, 0.717) is 5.92 Å². The fraction of sp³-hybridized carbons (Fsp3) is 0.333. The van der Waals surface area contributed by atoms with Gasteiger partial charge in [0.1, 0.15) is 5.75 Å². The second kappa shape index (κ2) is 5.20. The number of hydrogen-bond acceptors (Lipinski definition) is 1. The Morgan fingerprint density at radius 1 is 1.43 bits per heavy atom. The molecule has 14 heavy (non-hydrogen) atoms. The van der Waals surface area contributed by atoms with Crippen LogP contribution in [0.2, 0.25) is 0 Å². The highest BCUT2D eigenvalue weighted by atomic mass is 79.9. The molecule has 0 unspecified atom stereocenters. The van der Waals surface area contributed by atoms with E-state index in [0.717, 1.165) is 22.4 Å². The molecule has 0 aliphatic rings. The average molecular weight is 255 g/mol. The van der Waals surface area contributed by atoms with Gasteiger partial charge < -0.3 is 4.74 Å². The van der Waals surface area contributed by atoms with Crippen LogP contribution in [0.4, 0.5) is 0 Å². The molecule has 0 bridgehead atoms. The van der Waals surface area contributed by atoms with E-state index in [4.69, 9.17) is 4.74 Å². The Morgan fingerprint density at radius 3 is 2.71 bits per heavy atom. The molecule has 0 heterocycles. The van der Waals surface area contributed by atoms with Crippen LogP contribution < -0.4 is 4.74 Å². The molecule has 1 aromatic rings. The van der Waals surface area contributed by atoms with Crippen molar-refractivity contribution in [2.75, 3.05) is 6.61 Å². The molecule has 0 aliphatic carbocycles. The molecule has 0 spiro atoms. The van der Waals surface area contributed by atoms with Crippen molar-refractivity contribution in [3.63, 3.8) is 0 Å². The van der Waals surface area contributed by atoms with E-state index in [1.54, 1.807) is 0 Å². The second-order valence-electron chi connectivity index (χ2n) is 3.63. The van der Waals surface area contributed by atoms with Crippen LogP contribution in [0, 0.1) is 5.92 Å². The lowest BCUT2D eigenvalue weighted by Gasteiger charge is -2.09. The summed E-state index contributed by atoms with van der Waals surface area (Å²) < 4.78 is 6.63. The minimum atomic E-state index is 0.543. The first-order valence-electron chi connectivity index (χ1n) is 4.67. The smallest absolute Gasteiger partial charge is 0.121 e. The number of halogens is 1. The van der Waals surface area contributed by atoms with Crippen molar-refractivity contribution < 1.29 is 4.74 Å². The SMILES string of the molecule is C=Cc1cc(Br)cc(OCC(C)C)c1. The third-order valence-corrected chi connectivity index (χ3v) is 2.17. The standard InChI is InChI=1S/C12H15BrO/c1-4-10-5-11(13)7-12(6-10)14-8-9(2)3/h4-7,9H,1,8H2,2-3H3. The molecule has 1 nitrogen and oxygen atoms in total. The molecule has 0 saturated heterocycles. The quantitative estimate of drug-likeness (QED) is 0.786. The first-order chi connectivity index (χ1) is 6.61. The normalized spacial score (nSPS) is 10.3. The predicted molar refractivity (Wildman–Crippen MR) is 64.6 cm³/mol. The molecular weight excluding hydrogens is 240 g/mol. The summed E-state index contributed by atoms with van der Waals surface area (Å²) >= 11 is 3.43. The van der Waals surface area contributed by atoms with Crippen LogP contribution in [-0.2, 0) is 0 Å². The second-order valence-corrected chi connectivity index (χ2v) is 4.54. The summed E-state index contributed by atoms with van der Waals surface area (Å²) in [4.78, 5) is 0. The van der Waals surface area contributed by atoms with E-state index in [9.17, 15) is 0 Å². The van der Waals surface area contributed by atoms with Gasteiger partial charge in [-0.3, -0.25) is 0 Å². The fourth-order valence-electron chi connectivity index (χ4n) is 1.05. The van der Waals surface area contributed by atoms with Crippen LogP contribution in [0.25, 0.3) is 6.08 Å². The van der Waals surface area contributed by atoms with Gasteiger partial charge in [-0.15, -0.1) is 0 Å². The number of rotatable bonds is 4. The minimum Gasteiger partial charge on any atom is -0.493 e. The van der Waals surface area contributed by atoms with Gasteiger partial charge in [0.25, 0.3) is 0 Å². The molecule has 1 rings (SSSR count). The predicted octanol–water partition coefficient (Wildman–Crippen LogP) is 4.13. The summed E-state index contributed by atoms with van der Waals surface area (Å²) in [5.74, 6) is 1.43. The third-order valence-electron chi connectivity index (χ3n) is 1.71. The van der Waals surface area contributed by atoms with E-state index in [2.05, 4.69) is 36.4 Å². The Bertz CT molecular complexity index is 318. The lowest BCUT2D eigenvalue weighted by Crippen LogP contribution is -2.04. The van der Waals surface area contributed by atoms with Crippen molar-refractivity contribution in [3.05, 3.63) is 34.8 Å². The topological polar surface area (TPSA) is 9.23 Å². The van der Waals surface area contributed by atoms with Gasteiger partial charge in [0.15, 0.2) is 0 Å². The summed E-state index contributed by atoms with van der Waals surface area (Å²) in [6.07, 6.45) is 1.81. The Kier molecular flexibility index (Phi) is 4.21. The van der Waals surface area contributed by atoms with Crippen molar-refractivity contribution in [1.29, 1.82) is 0 Å². The Morgan fingerprint density at radius 2 is 2.14 bits per heavy atom. The van der Waals surface area contributed by atoms with E-state index in [1.807, 2.05) is 24.3 Å². The van der Waals surface area contributed by atoms with E-state index >= 15 is 0 Å². The maximum Gasteiger partial charge on any atom is 0.121 e. The van der Waals surface area contributed by atoms with Crippen molar-refractivity contribution in [2.24, 2.45) is 5.92 Å². The minimum absolute atomic E-state index is 0.543. The van der Waals surface area contributed by atoms with Crippen LogP contribution in [0.1, 0.15) is 19.4 Å². The molecule has 0 aliphatic heterocycles. The molecule has 0 saturated carbocycles. The third kappa shape index (κ3) is 3.54. The van der Waals surface area contributed by atoms with Crippen molar-refractivity contribution in [3.8, 4) is 5.75 Å². The van der Waals surface area contributed by atoms with Crippen molar-refractivity contribution >= 4 is 22.0 Å². The first-order valence-corrected chi connectivity index (χ1v) is 5.47. The van der Waals surface area contributed by atoms with E-state index < -0.39 is 0 Å². The number of benzene rings is 1. The Labute approximate surface area is 93.9 Å². The molecule has 0 aromatic heterocycles. The van der Waals surface area contributed by atoms with Crippen LogP contribution in [0.3, 0.4) is 0 Å². The molecule has 0 amide bonds. The molecule has 0 radical (unpaired) electrons. The van der Waals surface area contributed by atoms with Crippen molar-refractivity contribution in [2.45, 2.75) is 13.8 Å². The number of ether oxygens (including phenoxy) is 1. The van der Waals surface area contributed by atoms with Gasteiger partial charge in [0.05, 0.1) is 6.61 Å². The lowest BCUT2D eigenvalue weighted by molar-refractivity contribution is 0.271. The lowest BCUT2D eigenvalue weighted by atomic mass is 10.2. The van der Waals surface area contributed by atoms with Gasteiger partial charge in [-0.05, 0) is 29.7 Å². The van der Waals surface area contributed by atoms with Gasteiger partial charge in [-0.1, -0.05) is 42.4 Å². The number of hydrogen-bond donors (Lipinski definition) is 0. The molecule has 76 valence electrons. The van der Waals surface area contributed by atoms with Crippen LogP contribution >= 0.6 is 15.9 Å². The highest BCUT2D eigenvalue weighted by Crippen LogP contribution is 2.22. The first kappa shape index (κ1) is 11.3. The fourth-order valence-corrected chi connectivity index (χ4v) is 1.54. The molecule has 1 aromatic carbocycles. The average Bonchev–Trinajstić information content (AvgIpc) is 2.14. The Hall–Kier alpha value is -0.760. The summed E-state index contributed by atoms with van der Waals surface area (Å²) in [6.45, 7) is 8.74. The Balaban J connectivity index is 2.76. The van der Waals surface area contributed by atoms with E-state index in [1.165, 1.54) is 0 Å². The molecule has 0 atom stereocenters. The monoisotopic (exact) mass is 254 g/mol. The van der Waals surface area contributed by atoms with Crippen molar-refractivity contribution in [1.82, 2.24) is 0 Å². The zero-order valence-corrected chi connectivity index (χ0v) is 10.2. The van der Waals surface area contributed by atoms with Gasteiger partial charge in [-0.25, -0.2) is 0 Å². The summed E-state index contributed by atoms with van der Waals surface area (Å²) in [7, 11) is 0. The summed E-state index contributed by atoms with van der Waals surface area (Å²) in [5, 5.41) is 0. The van der Waals surface area contributed by atoms with Crippen LogP contribution in [-0.4, -0.2) is 6.61 Å². The van der Waals surface area contributed by atoms with Crippen LogP contribution in [0.15, 0.2) is 29.3 Å². The summed E-state index contributed by atoms with van der Waals surface area (Å²) in [5.41, 5.74) is 1.07. The molecular formula is C12H15BrO. The van der Waals surface area contributed by atoms with Gasteiger partial charge in [0.2, 0.25) is 0 Å². The maximum absolute atomic E-state index is 5.61. The highest BCUT2D eigenvalue weighted by molar-refractivity contribution is 9.10.